The Morgan fingerprint density at radius 1 is 1.50 bits per heavy atom. The number of hydrogen-bond acceptors (Lipinski definition) is 1. The molecule has 0 fully saturated rings. The van der Waals surface area contributed by atoms with Crippen LogP contribution in [0.4, 0.5) is 0 Å². The first-order valence-electron chi connectivity index (χ1n) is 1.99. The van der Waals surface area contributed by atoms with Gasteiger partial charge in [-0.1, -0.05) is 6.92 Å². The molecule has 0 spiro atoms. The van der Waals surface area contributed by atoms with E-state index in [2.05, 4.69) is 0 Å². The Labute approximate surface area is 93.6 Å². The fraction of sp³-hybridized carbons (Fsp3) is 0.750. The van der Waals surface area contributed by atoms with Crippen LogP contribution in [0.25, 0.3) is 0 Å². The molecule has 0 aromatic carbocycles. The van der Waals surface area contributed by atoms with Crippen molar-refractivity contribution >= 4 is 65.1 Å². The van der Waals surface area contributed by atoms with Crippen LogP contribution in [0.3, 0.4) is 0 Å². The van der Waals surface area contributed by atoms with Crippen LogP contribution in [0.1, 0.15) is 19.8 Å². The summed E-state index contributed by atoms with van der Waals surface area (Å²) in [6.45, 7) is 1.84. The number of carboxylic acid groups (broad SMARTS) is 1. The third kappa shape index (κ3) is 15.6. The molecule has 0 bridgehead atoms. The van der Waals surface area contributed by atoms with Gasteiger partial charge >= 0.3 is 65.1 Å². The minimum atomic E-state index is -0.711. The Morgan fingerprint density at radius 3 is 1.88 bits per heavy atom. The molecule has 0 radical (unpaired) electrons. The number of carboxylic acids is 1. The van der Waals surface area contributed by atoms with Gasteiger partial charge in [-0.2, -0.15) is 0 Å². The molecule has 0 rings (SSSR count). The standard InChI is InChI=1S/C4H8O2.2Na.2H/c1-2-3-4(5)6;;;;/h2-3H2,1H3,(H,5,6);;;;. The van der Waals surface area contributed by atoms with Gasteiger partial charge in [-0.25, -0.2) is 0 Å². The van der Waals surface area contributed by atoms with Crippen molar-refractivity contribution in [1.82, 2.24) is 0 Å². The number of carbonyl (C=O) groups is 1. The van der Waals surface area contributed by atoms with Crippen LogP contribution < -0.4 is 0 Å². The van der Waals surface area contributed by atoms with Crippen molar-refractivity contribution in [2.24, 2.45) is 0 Å². The molecule has 0 aliphatic carbocycles. The van der Waals surface area contributed by atoms with Gasteiger partial charge in [0.15, 0.2) is 0 Å². The zero-order valence-electron chi connectivity index (χ0n) is 3.77. The van der Waals surface area contributed by atoms with Gasteiger partial charge in [0.2, 0.25) is 0 Å². The summed E-state index contributed by atoms with van der Waals surface area (Å²) in [5, 5.41) is 7.91. The summed E-state index contributed by atoms with van der Waals surface area (Å²) in [5.41, 5.74) is 0. The van der Waals surface area contributed by atoms with Gasteiger partial charge in [0, 0.05) is 6.42 Å². The second-order valence-electron chi connectivity index (χ2n) is 1.14. The van der Waals surface area contributed by atoms with Gasteiger partial charge in [0.05, 0.1) is 0 Å². The van der Waals surface area contributed by atoms with E-state index >= 15 is 0 Å². The van der Waals surface area contributed by atoms with Crippen molar-refractivity contribution in [3.8, 4) is 0 Å². The van der Waals surface area contributed by atoms with Crippen LogP contribution in [0.15, 0.2) is 0 Å². The summed E-state index contributed by atoms with van der Waals surface area (Å²) in [6, 6.07) is 0. The molecular weight excluding hydrogens is 126 g/mol. The summed E-state index contributed by atoms with van der Waals surface area (Å²) in [4.78, 5) is 9.60. The number of hydrogen-bond donors (Lipinski definition) is 1. The molecule has 1 N–H and O–H groups in total. The van der Waals surface area contributed by atoms with E-state index in [1.807, 2.05) is 6.92 Å². The minimum absolute atomic E-state index is 0. The Hall–Kier alpha value is 1.47. The molecule has 0 heterocycles. The molecule has 0 aliphatic rings. The molecule has 0 aliphatic heterocycles. The van der Waals surface area contributed by atoms with Crippen LogP contribution in [-0.2, 0) is 4.79 Å². The van der Waals surface area contributed by atoms with Crippen molar-refractivity contribution < 1.29 is 9.90 Å². The molecule has 0 atom stereocenters. The van der Waals surface area contributed by atoms with Crippen molar-refractivity contribution in [2.75, 3.05) is 0 Å². The summed E-state index contributed by atoms with van der Waals surface area (Å²) in [6.07, 6.45) is 1.02. The Kier molecular flexibility index (Phi) is 22.9. The maximum atomic E-state index is 9.60. The van der Waals surface area contributed by atoms with Crippen LogP contribution in [-0.4, -0.2) is 70.2 Å². The van der Waals surface area contributed by atoms with E-state index in [4.69, 9.17) is 5.11 Å². The topological polar surface area (TPSA) is 37.3 Å². The van der Waals surface area contributed by atoms with Crippen molar-refractivity contribution in [3.63, 3.8) is 0 Å². The van der Waals surface area contributed by atoms with Gasteiger partial charge in [-0.15, -0.1) is 0 Å². The van der Waals surface area contributed by atoms with E-state index in [1.54, 1.807) is 0 Å². The summed E-state index contributed by atoms with van der Waals surface area (Å²) >= 11 is 0. The summed E-state index contributed by atoms with van der Waals surface area (Å²) < 4.78 is 0. The average Bonchev–Trinajstić information content (AvgIpc) is 1.35. The van der Waals surface area contributed by atoms with E-state index in [1.165, 1.54) is 0 Å². The first-order valence-corrected chi connectivity index (χ1v) is 1.99. The first kappa shape index (κ1) is 16.2. The van der Waals surface area contributed by atoms with Gasteiger partial charge in [-0.05, 0) is 6.42 Å². The predicted molar refractivity (Wildman–Crippen MR) is 36.8 cm³/mol. The molecule has 2 nitrogen and oxygen atoms in total. The van der Waals surface area contributed by atoms with E-state index < -0.39 is 5.97 Å². The number of aliphatic carboxylic acids is 1. The van der Waals surface area contributed by atoms with Gasteiger partial charge in [-0.3, -0.25) is 4.79 Å². The van der Waals surface area contributed by atoms with Crippen LogP contribution in [0.5, 0.6) is 0 Å². The molecule has 4 heteroatoms. The molecule has 0 saturated carbocycles. The summed E-state index contributed by atoms with van der Waals surface area (Å²) in [5.74, 6) is -0.711. The van der Waals surface area contributed by atoms with Gasteiger partial charge < -0.3 is 5.11 Å². The van der Waals surface area contributed by atoms with E-state index in [-0.39, 0.29) is 59.1 Å². The van der Waals surface area contributed by atoms with Crippen LogP contribution in [0, 0.1) is 0 Å². The van der Waals surface area contributed by atoms with Crippen molar-refractivity contribution in [2.45, 2.75) is 19.8 Å². The molecular formula is C4H10Na2O2. The monoisotopic (exact) mass is 136 g/mol. The van der Waals surface area contributed by atoms with E-state index in [9.17, 15) is 4.79 Å². The SMILES string of the molecule is CCCC(=O)O.[NaH].[NaH]. The van der Waals surface area contributed by atoms with E-state index in [0.29, 0.717) is 6.42 Å². The van der Waals surface area contributed by atoms with Crippen molar-refractivity contribution in [1.29, 1.82) is 0 Å². The third-order valence-electron chi connectivity index (χ3n) is 0.464. The molecule has 8 heavy (non-hydrogen) atoms. The fourth-order valence-electron chi connectivity index (χ4n) is 0.214. The molecule has 0 unspecified atom stereocenters. The van der Waals surface area contributed by atoms with E-state index in [0.717, 1.165) is 6.42 Å². The van der Waals surface area contributed by atoms with Crippen molar-refractivity contribution in [3.05, 3.63) is 0 Å². The maximum absolute atomic E-state index is 9.60. The predicted octanol–water partition coefficient (Wildman–Crippen LogP) is -0.426. The van der Waals surface area contributed by atoms with Gasteiger partial charge in [0.1, 0.15) is 0 Å². The molecule has 0 aromatic heterocycles. The molecule has 0 saturated heterocycles. The quantitative estimate of drug-likeness (QED) is 0.523. The molecule has 0 amide bonds. The summed E-state index contributed by atoms with van der Waals surface area (Å²) in [7, 11) is 0. The van der Waals surface area contributed by atoms with Crippen LogP contribution >= 0.6 is 0 Å². The molecule has 0 aromatic rings. The fourth-order valence-corrected chi connectivity index (χ4v) is 0.214. The second-order valence-corrected chi connectivity index (χ2v) is 1.14. The number of rotatable bonds is 2. The van der Waals surface area contributed by atoms with Crippen LogP contribution in [0.2, 0.25) is 0 Å². The normalized spacial score (nSPS) is 6.12. The zero-order chi connectivity index (χ0) is 4.99. The Bertz CT molecular complexity index is 56.0. The average molecular weight is 136 g/mol. The Balaban J connectivity index is -0.000000125. The first-order chi connectivity index (χ1) is 2.77. The molecule has 40 valence electrons. The second kappa shape index (κ2) is 11.3. The zero-order valence-corrected chi connectivity index (χ0v) is 3.77. The Morgan fingerprint density at radius 2 is 1.88 bits per heavy atom. The van der Waals surface area contributed by atoms with Gasteiger partial charge in [0.25, 0.3) is 0 Å². The third-order valence-corrected chi connectivity index (χ3v) is 0.464.